The summed E-state index contributed by atoms with van der Waals surface area (Å²) in [6.45, 7) is 1.29. The molecule has 1 N–H and O–H groups in total. The summed E-state index contributed by atoms with van der Waals surface area (Å²) in [5, 5.41) is 9.51. The van der Waals surface area contributed by atoms with Gasteiger partial charge in [0.1, 0.15) is 13.2 Å². The highest BCUT2D eigenvalue weighted by Gasteiger charge is 2.20. The zero-order valence-corrected chi connectivity index (χ0v) is 10.6. The molecule has 0 atom stereocenters. The van der Waals surface area contributed by atoms with Gasteiger partial charge < -0.3 is 14.6 Å². The summed E-state index contributed by atoms with van der Waals surface area (Å²) in [6, 6.07) is 6.26. The van der Waals surface area contributed by atoms with Gasteiger partial charge in [-0.25, -0.2) is 0 Å². The number of ether oxygens (including phenoxy) is 2. The van der Waals surface area contributed by atoms with E-state index in [2.05, 4.69) is 12.1 Å². The van der Waals surface area contributed by atoms with E-state index in [1.165, 1.54) is 5.56 Å². The van der Waals surface area contributed by atoms with Crippen LogP contribution in [0.4, 0.5) is 0 Å². The second kappa shape index (κ2) is 5.19. The minimum Gasteiger partial charge on any atom is -0.486 e. The molecule has 1 aliphatic carbocycles. The molecule has 1 fully saturated rings. The van der Waals surface area contributed by atoms with Gasteiger partial charge in [-0.2, -0.15) is 0 Å². The Morgan fingerprint density at radius 2 is 1.72 bits per heavy atom. The fourth-order valence-electron chi connectivity index (χ4n) is 2.90. The molecule has 3 rings (SSSR count). The third kappa shape index (κ3) is 2.61. The molecule has 1 aromatic carbocycles. The fraction of sp³-hybridized carbons (Fsp3) is 0.600. The van der Waals surface area contributed by atoms with E-state index < -0.39 is 0 Å². The predicted molar refractivity (Wildman–Crippen MR) is 69.1 cm³/mol. The molecule has 0 amide bonds. The number of hydrogen-bond acceptors (Lipinski definition) is 3. The van der Waals surface area contributed by atoms with Crippen LogP contribution in [0.1, 0.15) is 31.2 Å². The van der Waals surface area contributed by atoms with Crippen LogP contribution in [0.3, 0.4) is 0 Å². The number of benzene rings is 1. The summed E-state index contributed by atoms with van der Waals surface area (Å²) < 4.78 is 11.1. The molecule has 0 unspecified atom stereocenters. The van der Waals surface area contributed by atoms with Gasteiger partial charge in [0.2, 0.25) is 0 Å². The molecule has 18 heavy (non-hydrogen) atoms. The maximum Gasteiger partial charge on any atom is 0.161 e. The Morgan fingerprint density at radius 1 is 1.00 bits per heavy atom. The van der Waals surface area contributed by atoms with Gasteiger partial charge in [-0.1, -0.05) is 6.07 Å². The van der Waals surface area contributed by atoms with Crippen LogP contribution in [0.2, 0.25) is 0 Å². The van der Waals surface area contributed by atoms with Crippen molar-refractivity contribution in [3.8, 4) is 11.5 Å². The maximum atomic E-state index is 9.51. The van der Waals surface area contributed by atoms with Gasteiger partial charge in [-0.05, 0) is 55.7 Å². The van der Waals surface area contributed by atoms with E-state index in [1.54, 1.807) is 0 Å². The lowest BCUT2D eigenvalue weighted by molar-refractivity contribution is 0.108. The molecule has 0 bridgehead atoms. The molecular formula is C15H20O3. The zero-order chi connectivity index (χ0) is 12.4. The molecule has 1 saturated carbocycles. The average Bonchev–Trinajstić information content (AvgIpc) is 2.41. The lowest BCUT2D eigenvalue weighted by Crippen LogP contribution is -2.20. The molecule has 3 nitrogen and oxygen atoms in total. The molecule has 1 aromatic rings. The van der Waals surface area contributed by atoms with Crippen molar-refractivity contribution in [2.45, 2.75) is 38.2 Å². The second-order valence-corrected chi connectivity index (χ2v) is 5.36. The summed E-state index contributed by atoms with van der Waals surface area (Å²) in [7, 11) is 0. The molecular weight excluding hydrogens is 228 g/mol. The van der Waals surface area contributed by atoms with Gasteiger partial charge in [-0.15, -0.1) is 0 Å². The van der Waals surface area contributed by atoms with Crippen LogP contribution in [-0.2, 0) is 6.42 Å². The molecule has 0 radical (unpaired) electrons. The number of rotatable bonds is 2. The highest BCUT2D eigenvalue weighted by molar-refractivity contribution is 5.43. The van der Waals surface area contributed by atoms with Crippen LogP contribution < -0.4 is 9.47 Å². The van der Waals surface area contributed by atoms with Crippen LogP contribution in [-0.4, -0.2) is 24.4 Å². The summed E-state index contributed by atoms with van der Waals surface area (Å²) in [5.41, 5.74) is 1.32. The molecule has 3 heteroatoms. The molecule has 1 aliphatic heterocycles. The summed E-state index contributed by atoms with van der Waals surface area (Å²) >= 11 is 0. The minimum absolute atomic E-state index is 0.0680. The molecule has 0 spiro atoms. The first kappa shape index (κ1) is 11.8. The fourth-order valence-corrected chi connectivity index (χ4v) is 2.90. The largest absolute Gasteiger partial charge is 0.486 e. The molecule has 0 aromatic heterocycles. The van der Waals surface area contributed by atoms with Gasteiger partial charge in [-0.3, -0.25) is 0 Å². The van der Waals surface area contributed by atoms with Crippen molar-refractivity contribution in [1.29, 1.82) is 0 Å². The third-order valence-corrected chi connectivity index (χ3v) is 3.95. The van der Waals surface area contributed by atoms with Crippen molar-refractivity contribution < 1.29 is 14.6 Å². The zero-order valence-electron chi connectivity index (χ0n) is 10.6. The smallest absolute Gasteiger partial charge is 0.161 e. The molecule has 0 saturated heterocycles. The first-order chi connectivity index (χ1) is 8.81. The Balaban J connectivity index is 1.66. The van der Waals surface area contributed by atoms with Crippen molar-refractivity contribution in [2.24, 2.45) is 5.92 Å². The number of fused-ring (bicyclic) bond motifs is 1. The number of aliphatic hydroxyl groups is 1. The summed E-state index contributed by atoms with van der Waals surface area (Å²) in [4.78, 5) is 0. The van der Waals surface area contributed by atoms with Gasteiger partial charge in [0.15, 0.2) is 11.5 Å². The van der Waals surface area contributed by atoms with Gasteiger partial charge in [0.05, 0.1) is 6.10 Å². The lowest BCUT2D eigenvalue weighted by atomic mass is 9.83. The SMILES string of the molecule is OC1CCC(Cc2ccc3c(c2)OCCO3)CC1. The predicted octanol–water partition coefficient (Wildman–Crippen LogP) is 2.55. The molecule has 2 aliphatic rings. The van der Waals surface area contributed by atoms with E-state index in [-0.39, 0.29) is 6.10 Å². The third-order valence-electron chi connectivity index (χ3n) is 3.95. The Labute approximate surface area is 108 Å². The summed E-state index contributed by atoms with van der Waals surface area (Å²) in [6.07, 6.45) is 5.19. The number of hydrogen-bond donors (Lipinski definition) is 1. The van der Waals surface area contributed by atoms with E-state index in [4.69, 9.17) is 9.47 Å². The summed E-state index contributed by atoms with van der Waals surface area (Å²) in [5.74, 6) is 2.45. The van der Waals surface area contributed by atoms with E-state index in [0.29, 0.717) is 19.1 Å². The molecule has 98 valence electrons. The Bertz CT molecular complexity index is 408. The van der Waals surface area contributed by atoms with Crippen molar-refractivity contribution in [1.82, 2.24) is 0 Å². The van der Waals surface area contributed by atoms with Gasteiger partial charge in [0.25, 0.3) is 0 Å². The van der Waals surface area contributed by atoms with Crippen LogP contribution in [0, 0.1) is 5.92 Å². The van der Waals surface area contributed by atoms with Gasteiger partial charge in [0, 0.05) is 0 Å². The van der Waals surface area contributed by atoms with E-state index in [9.17, 15) is 5.11 Å². The number of aliphatic hydroxyl groups excluding tert-OH is 1. The normalized spacial score (nSPS) is 26.9. The van der Waals surface area contributed by atoms with Crippen LogP contribution >= 0.6 is 0 Å². The van der Waals surface area contributed by atoms with Crippen molar-refractivity contribution >= 4 is 0 Å². The van der Waals surface area contributed by atoms with E-state index in [1.807, 2.05) is 6.07 Å². The van der Waals surface area contributed by atoms with E-state index in [0.717, 1.165) is 43.6 Å². The minimum atomic E-state index is -0.0680. The quantitative estimate of drug-likeness (QED) is 0.874. The first-order valence-electron chi connectivity index (χ1n) is 6.88. The highest BCUT2D eigenvalue weighted by Crippen LogP contribution is 2.33. The molecule has 1 heterocycles. The Hall–Kier alpha value is -1.22. The maximum absolute atomic E-state index is 9.51. The standard InChI is InChI=1S/C15H20O3/c16-13-4-1-11(2-5-13)9-12-3-6-14-15(10-12)18-8-7-17-14/h3,6,10-11,13,16H,1-2,4-5,7-9H2. The van der Waals surface area contributed by atoms with Crippen molar-refractivity contribution in [3.05, 3.63) is 23.8 Å². The topological polar surface area (TPSA) is 38.7 Å². The Morgan fingerprint density at radius 3 is 2.50 bits per heavy atom. The van der Waals surface area contributed by atoms with E-state index >= 15 is 0 Å². The first-order valence-corrected chi connectivity index (χ1v) is 6.88. The van der Waals surface area contributed by atoms with Crippen LogP contribution in [0.5, 0.6) is 11.5 Å². The Kier molecular flexibility index (Phi) is 3.41. The van der Waals surface area contributed by atoms with Crippen LogP contribution in [0.15, 0.2) is 18.2 Å². The lowest BCUT2D eigenvalue weighted by Gasteiger charge is -2.26. The second-order valence-electron chi connectivity index (χ2n) is 5.36. The van der Waals surface area contributed by atoms with Crippen molar-refractivity contribution in [2.75, 3.05) is 13.2 Å². The van der Waals surface area contributed by atoms with Crippen LogP contribution in [0.25, 0.3) is 0 Å². The van der Waals surface area contributed by atoms with Crippen molar-refractivity contribution in [3.63, 3.8) is 0 Å². The average molecular weight is 248 g/mol. The van der Waals surface area contributed by atoms with Gasteiger partial charge >= 0.3 is 0 Å². The highest BCUT2D eigenvalue weighted by atomic mass is 16.6. The monoisotopic (exact) mass is 248 g/mol.